The van der Waals surface area contributed by atoms with Gasteiger partial charge in [-0.2, -0.15) is 0 Å². The topological polar surface area (TPSA) is 75.9 Å². The molecule has 0 bridgehead atoms. The first kappa shape index (κ1) is 20.6. The van der Waals surface area contributed by atoms with Gasteiger partial charge in [0.2, 0.25) is 11.8 Å². The van der Waals surface area contributed by atoms with E-state index in [4.69, 9.17) is 10.5 Å². The number of likely N-dealkylation sites (tertiary alicyclic amines) is 2. The van der Waals surface area contributed by atoms with E-state index in [-0.39, 0.29) is 5.91 Å². The molecule has 2 aliphatic heterocycles. The third-order valence-electron chi connectivity index (χ3n) is 7.33. The van der Waals surface area contributed by atoms with Crippen LogP contribution in [-0.4, -0.2) is 67.6 Å². The average Bonchev–Trinajstić information content (AvgIpc) is 3.20. The monoisotopic (exact) mass is 379 g/mol. The van der Waals surface area contributed by atoms with Crippen LogP contribution in [0.15, 0.2) is 0 Å². The first-order chi connectivity index (χ1) is 13.0. The second-order valence-electron chi connectivity index (χ2n) is 8.89. The van der Waals surface area contributed by atoms with Crippen molar-refractivity contribution < 1.29 is 14.3 Å². The lowest BCUT2D eigenvalue weighted by Crippen LogP contribution is -2.53. The van der Waals surface area contributed by atoms with Gasteiger partial charge >= 0.3 is 0 Å². The van der Waals surface area contributed by atoms with Gasteiger partial charge in [-0.25, -0.2) is 0 Å². The predicted octanol–water partition coefficient (Wildman–Crippen LogP) is 2.16. The summed E-state index contributed by atoms with van der Waals surface area (Å²) in [6.07, 6.45) is 10.3. The number of carbonyl (C=O) groups excluding carboxylic acids is 2. The lowest BCUT2D eigenvalue weighted by Gasteiger charge is -2.45. The van der Waals surface area contributed by atoms with Crippen LogP contribution < -0.4 is 5.73 Å². The molecule has 0 spiro atoms. The minimum absolute atomic E-state index is 0.175. The number of rotatable bonds is 7. The van der Waals surface area contributed by atoms with Crippen LogP contribution in [0, 0.1) is 11.3 Å². The zero-order chi connectivity index (χ0) is 19.3. The summed E-state index contributed by atoms with van der Waals surface area (Å²) in [4.78, 5) is 29.2. The van der Waals surface area contributed by atoms with Gasteiger partial charge in [0.25, 0.3) is 0 Å². The first-order valence-corrected chi connectivity index (χ1v) is 10.8. The predicted molar refractivity (Wildman–Crippen MR) is 105 cm³/mol. The number of hydrogen-bond donors (Lipinski definition) is 1. The second kappa shape index (κ2) is 9.37. The molecule has 6 nitrogen and oxygen atoms in total. The van der Waals surface area contributed by atoms with Crippen LogP contribution in [0.25, 0.3) is 0 Å². The number of hydrogen-bond acceptors (Lipinski definition) is 4. The number of primary amides is 1. The number of ether oxygens (including phenoxy) is 1. The lowest BCUT2D eigenvalue weighted by atomic mass is 9.74. The molecule has 6 heteroatoms. The Morgan fingerprint density at radius 2 is 1.67 bits per heavy atom. The van der Waals surface area contributed by atoms with Crippen molar-refractivity contribution in [2.45, 2.75) is 70.3 Å². The molecular weight excluding hydrogens is 342 g/mol. The molecule has 3 rings (SSSR count). The van der Waals surface area contributed by atoms with Crippen LogP contribution in [0.1, 0.15) is 64.2 Å². The zero-order valence-corrected chi connectivity index (χ0v) is 17.0. The molecule has 2 N–H and O–H groups in total. The molecule has 0 aromatic rings. The van der Waals surface area contributed by atoms with Crippen molar-refractivity contribution in [3.8, 4) is 0 Å². The highest BCUT2D eigenvalue weighted by Crippen LogP contribution is 2.36. The van der Waals surface area contributed by atoms with Crippen molar-refractivity contribution in [1.82, 2.24) is 9.80 Å². The Kier molecular flexibility index (Phi) is 7.15. The molecule has 2 amide bonds. The smallest absolute Gasteiger partial charge is 0.223 e. The molecule has 0 aromatic carbocycles. The zero-order valence-electron chi connectivity index (χ0n) is 17.0. The van der Waals surface area contributed by atoms with Gasteiger partial charge in [-0.1, -0.05) is 12.8 Å². The normalized spacial score (nSPS) is 25.0. The van der Waals surface area contributed by atoms with Gasteiger partial charge in [0.15, 0.2) is 0 Å². The van der Waals surface area contributed by atoms with Crippen molar-refractivity contribution in [2.24, 2.45) is 17.1 Å². The van der Waals surface area contributed by atoms with Crippen LogP contribution in [0.4, 0.5) is 0 Å². The summed E-state index contributed by atoms with van der Waals surface area (Å²) in [5.74, 6) is 0.823. The van der Waals surface area contributed by atoms with Crippen molar-refractivity contribution in [1.29, 1.82) is 0 Å². The molecule has 0 aromatic heterocycles. The van der Waals surface area contributed by atoms with Crippen LogP contribution in [0.2, 0.25) is 0 Å². The fourth-order valence-electron chi connectivity index (χ4n) is 5.31. The highest BCUT2D eigenvalue weighted by atomic mass is 16.5. The summed E-state index contributed by atoms with van der Waals surface area (Å²) >= 11 is 0. The van der Waals surface area contributed by atoms with Crippen molar-refractivity contribution >= 4 is 11.8 Å². The standard InChI is InChI=1S/C21H37N3O3/c1-27-15-10-21(20(22)26)8-13-23(14-9-21)18-6-11-24(12-7-18)19(25)16-17-4-2-3-5-17/h17-18H,2-16H2,1H3,(H2,22,26). The summed E-state index contributed by atoms with van der Waals surface area (Å²) in [5.41, 5.74) is 5.33. The van der Waals surface area contributed by atoms with Gasteiger partial charge in [0.05, 0.1) is 5.41 Å². The summed E-state index contributed by atoms with van der Waals surface area (Å²) in [6.45, 7) is 4.21. The summed E-state index contributed by atoms with van der Waals surface area (Å²) in [5, 5.41) is 0. The molecule has 1 aliphatic carbocycles. The van der Waals surface area contributed by atoms with Crippen molar-refractivity contribution in [3.05, 3.63) is 0 Å². The minimum Gasteiger partial charge on any atom is -0.385 e. The maximum Gasteiger partial charge on any atom is 0.223 e. The largest absolute Gasteiger partial charge is 0.385 e. The van der Waals surface area contributed by atoms with Gasteiger partial charge < -0.3 is 20.3 Å². The van der Waals surface area contributed by atoms with E-state index < -0.39 is 5.41 Å². The molecule has 0 atom stereocenters. The van der Waals surface area contributed by atoms with Gasteiger partial charge in [0, 0.05) is 39.3 Å². The quantitative estimate of drug-likeness (QED) is 0.735. The van der Waals surface area contributed by atoms with Gasteiger partial charge in [-0.3, -0.25) is 9.59 Å². The van der Waals surface area contributed by atoms with Crippen molar-refractivity contribution in [2.75, 3.05) is 39.9 Å². The van der Waals surface area contributed by atoms with Gasteiger partial charge in [0.1, 0.15) is 0 Å². The molecule has 3 aliphatic rings. The van der Waals surface area contributed by atoms with Crippen LogP contribution >= 0.6 is 0 Å². The van der Waals surface area contributed by atoms with E-state index in [1.165, 1.54) is 25.7 Å². The number of methoxy groups -OCH3 is 1. The molecule has 0 unspecified atom stereocenters. The molecule has 2 heterocycles. The summed E-state index contributed by atoms with van der Waals surface area (Å²) < 4.78 is 5.19. The maximum atomic E-state index is 12.5. The molecule has 27 heavy (non-hydrogen) atoms. The molecule has 3 fully saturated rings. The highest BCUT2D eigenvalue weighted by molar-refractivity contribution is 5.81. The molecule has 2 saturated heterocycles. The van der Waals surface area contributed by atoms with E-state index in [0.29, 0.717) is 24.5 Å². The lowest BCUT2D eigenvalue weighted by molar-refractivity contribution is -0.135. The fraction of sp³-hybridized carbons (Fsp3) is 0.905. The van der Waals surface area contributed by atoms with Gasteiger partial charge in [-0.05, 0) is 64.0 Å². The second-order valence-corrected chi connectivity index (χ2v) is 8.89. The Morgan fingerprint density at radius 3 is 2.22 bits per heavy atom. The number of nitrogens with two attached hydrogens (primary N) is 1. The number of nitrogens with zero attached hydrogens (tertiary/aromatic N) is 2. The van der Waals surface area contributed by atoms with E-state index in [9.17, 15) is 9.59 Å². The van der Waals surface area contributed by atoms with Gasteiger partial charge in [-0.15, -0.1) is 0 Å². The molecule has 0 radical (unpaired) electrons. The van der Waals surface area contributed by atoms with Crippen LogP contribution in [0.3, 0.4) is 0 Å². The number of piperidine rings is 2. The van der Waals surface area contributed by atoms with Crippen molar-refractivity contribution in [3.63, 3.8) is 0 Å². The number of carbonyl (C=O) groups is 2. The minimum atomic E-state index is -0.398. The fourth-order valence-corrected chi connectivity index (χ4v) is 5.31. The SMILES string of the molecule is COCCC1(C(N)=O)CCN(C2CCN(C(=O)CC3CCCC3)CC2)CC1. The van der Waals surface area contributed by atoms with E-state index in [1.807, 2.05) is 0 Å². The number of amides is 2. The third kappa shape index (κ3) is 5.02. The summed E-state index contributed by atoms with van der Waals surface area (Å²) in [7, 11) is 1.67. The molecular formula is C21H37N3O3. The van der Waals surface area contributed by atoms with E-state index in [0.717, 1.165) is 64.7 Å². The highest BCUT2D eigenvalue weighted by Gasteiger charge is 2.41. The Morgan fingerprint density at radius 1 is 1.04 bits per heavy atom. The van der Waals surface area contributed by atoms with Crippen LogP contribution in [0.5, 0.6) is 0 Å². The molecule has 154 valence electrons. The van der Waals surface area contributed by atoms with E-state index in [2.05, 4.69) is 9.80 Å². The Labute approximate surface area is 163 Å². The van der Waals surface area contributed by atoms with E-state index in [1.54, 1.807) is 7.11 Å². The van der Waals surface area contributed by atoms with Crippen LogP contribution in [-0.2, 0) is 14.3 Å². The van der Waals surface area contributed by atoms with E-state index >= 15 is 0 Å². The average molecular weight is 380 g/mol. The Hall–Kier alpha value is -1.14. The summed E-state index contributed by atoms with van der Waals surface area (Å²) in [6, 6.07) is 0.536. The maximum absolute atomic E-state index is 12.5. The Bertz CT molecular complexity index is 503. The first-order valence-electron chi connectivity index (χ1n) is 10.8. The third-order valence-corrected chi connectivity index (χ3v) is 7.33. The Balaban J connectivity index is 1.43. The molecule has 1 saturated carbocycles.